The fourth-order valence-electron chi connectivity index (χ4n) is 0.962. The van der Waals surface area contributed by atoms with E-state index in [1.54, 1.807) is 0 Å². The van der Waals surface area contributed by atoms with Gasteiger partial charge in [-0.15, -0.1) is 12.4 Å². The Morgan fingerprint density at radius 3 is 2.57 bits per heavy atom. The van der Waals surface area contributed by atoms with Crippen LogP contribution in [0.5, 0.6) is 0 Å². The Balaban J connectivity index is 0.000000980. The average molecular weight is 224 g/mol. The fourth-order valence-corrected chi connectivity index (χ4v) is 0.962. The highest BCUT2D eigenvalue weighted by Gasteiger charge is 2.32. The molecule has 0 saturated heterocycles. The van der Waals surface area contributed by atoms with Crippen LogP contribution in [0.4, 0.5) is 13.2 Å². The van der Waals surface area contributed by atoms with Crippen LogP contribution in [0.2, 0.25) is 0 Å². The predicted octanol–water partition coefficient (Wildman–Crippen LogP) is 2.17. The van der Waals surface area contributed by atoms with Crippen molar-refractivity contribution in [2.24, 2.45) is 0 Å². The van der Waals surface area contributed by atoms with Crippen molar-refractivity contribution in [1.29, 1.82) is 0 Å². The molecule has 2 rings (SSSR count). The first kappa shape index (κ1) is 10.8. The van der Waals surface area contributed by atoms with E-state index in [0.29, 0.717) is 0 Å². The van der Waals surface area contributed by atoms with Crippen molar-refractivity contribution in [3.63, 3.8) is 0 Å². The summed E-state index contributed by atoms with van der Waals surface area (Å²) in [7, 11) is 0. The van der Waals surface area contributed by atoms with Crippen molar-refractivity contribution >= 4 is 18.2 Å². The number of hydrogen-bond donors (Lipinski definition) is 0. The molecule has 2 aromatic heterocycles. The third-order valence-electron chi connectivity index (χ3n) is 1.55. The predicted molar refractivity (Wildman–Crippen MR) is 45.2 cm³/mol. The van der Waals surface area contributed by atoms with E-state index in [1.165, 1.54) is 23.0 Å². The van der Waals surface area contributed by atoms with Crippen molar-refractivity contribution in [1.82, 2.24) is 14.4 Å². The topological polar surface area (TPSA) is 30.2 Å². The minimum absolute atomic E-state index is 0. The lowest BCUT2D eigenvalue weighted by Gasteiger charge is -2.04. The number of alkyl halides is 3. The third kappa shape index (κ3) is 1.79. The molecule has 0 saturated carbocycles. The zero-order valence-electron chi connectivity index (χ0n) is 6.69. The molecule has 0 atom stereocenters. The highest BCUT2D eigenvalue weighted by Crippen LogP contribution is 2.27. The lowest BCUT2D eigenvalue weighted by atomic mass is 10.4. The molecule has 14 heavy (non-hydrogen) atoms. The first-order chi connectivity index (χ1) is 6.07. The Labute approximate surface area is 83.0 Å². The first-order valence-corrected chi connectivity index (χ1v) is 3.44. The van der Waals surface area contributed by atoms with Crippen LogP contribution in [0, 0.1) is 0 Å². The van der Waals surface area contributed by atoms with E-state index < -0.39 is 11.9 Å². The molecule has 0 amide bonds. The van der Waals surface area contributed by atoms with Crippen LogP contribution < -0.4 is 0 Å². The Hall–Kier alpha value is -1.30. The summed E-state index contributed by atoms with van der Waals surface area (Å²) in [4.78, 5) is 6.98. The molecular formula is C7H5ClF3N3. The third-order valence-corrected chi connectivity index (χ3v) is 1.55. The van der Waals surface area contributed by atoms with Crippen LogP contribution in [-0.4, -0.2) is 14.4 Å². The molecule has 0 radical (unpaired) electrons. The van der Waals surface area contributed by atoms with E-state index in [1.807, 2.05) is 0 Å². The molecule has 0 unspecified atom stereocenters. The molecule has 76 valence electrons. The van der Waals surface area contributed by atoms with Gasteiger partial charge < -0.3 is 0 Å². The molecule has 0 aliphatic carbocycles. The maximum atomic E-state index is 12.1. The van der Waals surface area contributed by atoms with Crippen LogP contribution in [-0.2, 0) is 6.18 Å². The van der Waals surface area contributed by atoms with Gasteiger partial charge in [-0.25, -0.2) is 9.97 Å². The second-order valence-electron chi connectivity index (χ2n) is 2.45. The van der Waals surface area contributed by atoms with Gasteiger partial charge >= 0.3 is 6.18 Å². The van der Waals surface area contributed by atoms with Gasteiger partial charge in [0.25, 0.3) is 0 Å². The smallest absolute Gasteiger partial charge is 0.291 e. The zero-order chi connectivity index (χ0) is 9.47. The lowest BCUT2D eigenvalue weighted by molar-refractivity contribution is -0.141. The van der Waals surface area contributed by atoms with E-state index >= 15 is 0 Å². The Morgan fingerprint density at radius 1 is 1.21 bits per heavy atom. The number of aromatic nitrogens is 3. The van der Waals surface area contributed by atoms with Gasteiger partial charge in [0.2, 0.25) is 5.78 Å². The molecule has 0 bridgehead atoms. The summed E-state index contributed by atoms with van der Waals surface area (Å²) in [6.45, 7) is 0. The molecule has 0 N–H and O–H groups in total. The second-order valence-corrected chi connectivity index (χ2v) is 2.45. The van der Waals surface area contributed by atoms with Gasteiger partial charge in [-0.1, -0.05) is 0 Å². The normalized spacial score (nSPS) is 11.4. The molecule has 7 heteroatoms. The quantitative estimate of drug-likeness (QED) is 0.685. The summed E-state index contributed by atoms with van der Waals surface area (Å²) >= 11 is 0. The van der Waals surface area contributed by atoms with E-state index in [-0.39, 0.29) is 18.2 Å². The standard InChI is InChI=1S/C7H4F3N3.ClH/c8-7(9,10)5-1-3-13-4-2-11-6(13)12-5;/h1-4H;1H. The number of halogens is 4. The van der Waals surface area contributed by atoms with Gasteiger partial charge in [-0.3, -0.25) is 4.40 Å². The van der Waals surface area contributed by atoms with Gasteiger partial charge in [0.1, 0.15) is 5.69 Å². The monoisotopic (exact) mass is 223 g/mol. The maximum absolute atomic E-state index is 12.1. The van der Waals surface area contributed by atoms with Crippen molar-refractivity contribution in [2.45, 2.75) is 6.18 Å². The Morgan fingerprint density at radius 2 is 1.93 bits per heavy atom. The molecule has 3 nitrogen and oxygen atoms in total. The Kier molecular flexibility index (Phi) is 2.66. The molecule has 2 aromatic rings. The van der Waals surface area contributed by atoms with Crippen molar-refractivity contribution in [3.05, 3.63) is 30.4 Å². The summed E-state index contributed by atoms with van der Waals surface area (Å²) in [6.07, 6.45) is -0.211. The zero-order valence-corrected chi connectivity index (χ0v) is 7.51. The number of nitrogens with zero attached hydrogens (tertiary/aromatic N) is 3. The maximum Gasteiger partial charge on any atom is 0.433 e. The van der Waals surface area contributed by atoms with Crippen LogP contribution >= 0.6 is 12.4 Å². The molecule has 0 fully saturated rings. The fraction of sp³-hybridized carbons (Fsp3) is 0.143. The van der Waals surface area contributed by atoms with Gasteiger partial charge in [0.15, 0.2) is 0 Å². The van der Waals surface area contributed by atoms with Crippen molar-refractivity contribution in [2.75, 3.05) is 0 Å². The van der Waals surface area contributed by atoms with E-state index in [2.05, 4.69) is 9.97 Å². The lowest BCUT2D eigenvalue weighted by Crippen LogP contribution is -2.08. The number of rotatable bonds is 0. The van der Waals surface area contributed by atoms with Gasteiger partial charge in [-0.05, 0) is 6.07 Å². The Bertz CT molecular complexity index is 437. The number of imidazole rings is 1. The highest BCUT2D eigenvalue weighted by molar-refractivity contribution is 5.85. The van der Waals surface area contributed by atoms with Gasteiger partial charge in [0.05, 0.1) is 0 Å². The number of fused-ring (bicyclic) bond motifs is 1. The van der Waals surface area contributed by atoms with Crippen molar-refractivity contribution < 1.29 is 13.2 Å². The molecule has 0 aliphatic rings. The van der Waals surface area contributed by atoms with Crippen LogP contribution in [0.15, 0.2) is 24.7 Å². The van der Waals surface area contributed by atoms with Gasteiger partial charge in [-0.2, -0.15) is 13.2 Å². The number of hydrogen-bond acceptors (Lipinski definition) is 2. The largest absolute Gasteiger partial charge is 0.433 e. The van der Waals surface area contributed by atoms with E-state index in [9.17, 15) is 13.2 Å². The summed E-state index contributed by atoms with van der Waals surface area (Å²) < 4.78 is 37.8. The molecule has 0 spiro atoms. The summed E-state index contributed by atoms with van der Waals surface area (Å²) in [5.41, 5.74) is -0.925. The van der Waals surface area contributed by atoms with E-state index in [4.69, 9.17) is 0 Å². The minimum atomic E-state index is -4.41. The molecule has 2 heterocycles. The van der Waals surface area contributed by atoms with Crippen LogP contribution in [0.3, 0.4) is 0 Å². The minimum Gasteiger partial charge on any atom is -0.291 e. The highest BCUT2D eigenvalue weighted by atomic mass is 35.5. The average Bonchev–Trinajstić information content (AvgIpc) is 2.47. The summed E-state index contributed by atoms with van der Waals surface area (Å²) in [5, 5.41) is 0. The molecule has 0 aliphatic heterocycles. The van der Waals surface area contributed by atoms with Crippen LogP contribution in [0.25, 0.3) is 5.78 Å². The SMILES string of the molecule is Cl.FC(F)(F)c1ccn2ccnc2n1. The first-order valence-electron chi connectivity index (χ1n) is 3.44. The van der Waals surface area contributed by atoms with E-state index in [0.717, 1.165) is 6.07 Å². The van der Waals surface area contributed by atoms with Crippen molar-refractivity contribution in [3.8, 4) is 0 Å². The summed E-state index contributed by atoms with van der Waals surface area (Å²) in [6, 6.07) is 0.911. The molecular weight excluding hydrogens is 219 g/mol. The second kappa shape index (κ2) is 3.45. The summed E-state index contributed by atoms with van der Waals surface area (Å²) in [5.74, 6) is 0.0508. The van der Waals surface area contributed by atoms with Gasteiger partial charge in [0, 0.05) is 18.6 Å². The molecule has 0 aromatic carbocycles. The van der Waals surface area contributed by atoms with Crippen LogP contribution in [0.1, 0.15) is 5.69 Å².